The summed E-state index contributed by atoms with van der Waals surface area (Å²) in [6.45, 7) is 1.56. The van der Waals surface area contributed by atoms with Crippen LogP contribution in [0.5, 0.6) is 5.75 Å². The number of aromatic nitrogens is 4. The second-order valence-electron chi connectivity index (χ2n) is 9.04. The first-order valence-electron chi connectivity index (χ1n) is 12.8. The zero-order chi connectivity index (χ0) is 27.9. The van der Waals surface area contributed by atoms with Crippen LogP contribution in [0.25, 0.3) is 17.5 Å². The van der Waals surface area contributed by atoms with E-state index in [4.69, 9.17) is 9.47 Å². The number of amides is 3. The van der Waals surface area contributed by atoms with E-state index in [2.05, 4.69) is 20.5 Å². The van der Waals surface area contributed by atoms with Crippen molar-refractivity contribution in [2.24, 2.45) is 0 Å². The van der Waals surface area contributed by atoms with Crippen molar-refractivity contribution in [3.63, 3.8) is 0 Å². The van der Waals surface area contributed by atoms with Gasteiger partial charge in [0.15, 0.2) is 11.0 Å². The number of ether oxygens (including phenoxy) is 2. The highest BCUT2D eigenvalue weighted by Gasteiger charge is 2.34. The number of nitrogens with one attached hydrogen (secondary N) is 1. The van der Waals surface area contributed by atoms with Gasteiger partial charge in [-0.05, 0) is 66.6 Å². The minimum Gasteiger partial charge on any atom is -0.497 e. The maximum atomic E-state index is 12.7. The molecule has 0 unspecified atom stereocenters. The zero-order valence-electron chi connectivity index (χ0n) is 21.8. The Bertz CT molecular complexity index is 1390. The van der Waals surface area contributed by atoms with Crippen molar-refractivity contribution in [2.45, 2.75) is 30.6 Å². The Kier molecular flexibility index (Phi) is 9.14. The van der Waals surface area contributed by atoms with Crippen molar-refractivity contribution >= 4 is 46.7 Å². The van der Waals surface area contributed by atoms with Gasteiger partial charge in [-0.3, -0.25) is 28.8 Å². The molecule has 0 bridgehead atoms. The zero-order valence-corrected chi connectivity index (χ0v) is 23.5. The molecule has 2 saturated heterocycles. The van der Waals surface area contributed by atoms with Crippen LogP contribution in [-0.2, 0) is 20.9 Å². The van der Waals surface area contributed by atoms with E-state index >= 15 is 0 Å². The molecular formula is C27H28N6O5S2. The summed E-state index contributed by atoms with van der Waals surface area (Å²) in [5.41, 5.74) is 1.62. The molecule has 0 radical (unpaired) electrons. The monoisotopic (exact) mass is 580 g/mol. The summed E-state index contributed by atoms with van der Waals surface area (Å²) in [6.07, 6.45) is 6.92. The van der Waals surface area contributed by atoms with Crippen molar-refractivity contribution in [3.8, 4) is 17.1 Å². The molecule has 0 saturated carbocycles. The molecular weight excluding hydrogens is 552 g/mol. The van der Waals surface area contributed by atoms with Gasteiger partial charge in [0.1, 0.15) is 5.75 Å². The predicted molar refractivity (Wildman–Crippen MR) is 152 cm³/mol. The third-order valence-electron chi connectivity index (χ3n) is 6.32. The molecule has 1 aromatic carbocycles. The Hall–Kier alpha value is -3.68. The standard InChI is InChI=1S/C27H28N6O5S2/c1-37-20-8-6-19(7-9-20)24-30-31-26(33(24)16-21-5-3-13-38-21)39-17-23(34)29-11-12-32-25(35)22(40-27(32)36)14-18-4-2-10-28-15-18/h2,4,6-10,14-15,21H,3,5,11-13,16-17H2,1H3,(H,29,34)/b22-14+/t21-/m1/s1. The summed E-state index contributed by atoms with van der Waals surface area (Å²) in [6, 6.07) is 11.1. The number of hydrogen-bond donors (Lipinski definition) is 1. The molecule has 3 aromatic rings. The van der Waals surface area contributed by atoms with Gasteiger partial charge < -0.3 is 14.8 Å². The van der Waals surface area contributed by atoms with Crippen molar-refractivity contribution in [2.75, 3.05) is 32.6 Å². The molecule has 2 aliphatic heterocycles. The molecule has 2 aliphatic rings. The van der Waals surface area contributed by atoms with Crippen LogP contribution in [0, 0.1) is 0 Å². The molecule has 0 aliphatic carbocycles. The fourth-order valence-electron chi connectivity index (χ4n) is 4.30. The van der Waals surface area contributed by atoms with Gasteiger partial charge in [-0.2, -0.15) is 0 Å². The van der Waals surface area contributed by atoms with Gasteiger partial charge in [-0.25, -0.2) is 0 Å². The second kappa shape index (κ2) is 13.1. The van der Waals surface area contributed by atoms with Gasteiger partial charge in [0, 0.05) is 37.7 Å². The van der Waals surface area contributed by atoms with Crippen LogP contribution in [0.3, 0.4) is 0 Å². The average molecular weight is 581 g/mol. The fourth-order valence-corrected chi connectivity index (χ4v) is 5.94. The van der Waals surface area contributed by atoms with Crippen molar-refractivity contribution in [1.29, 1.82) is 0 Å². The highest BCUT2D eigenvalue weighted by Crippen LogP contribution is 2.32. The van der Waals surface area contributed by atoms with Crippen LogP contribution in [0.15, 0.2) is 58.9 Å². The molecule has 208 valence electrons. The third kappa shape index (κ3) is 6.72. The maximum Gasteiger partial charge on any atom is 0.293 e. The maximum absolute atomic E-state index is 12.7. The Morgan fingerprint density at radius 1 is 1.25 bits per heavy atom. The van der Waals surface area contributed by atoms with E-state index in [1.807, 2.05) is 28.8 Å². The van der Waals surface area contributed by atoms with Crippen LogP contribution < -0.4 is 10.1 Å². The number of rotatable bonds is 11. The minimum atomic E-state index is -0.379. The summed E-state index contributed by atoms with van der Waals surface area (Å²) in [5, 5.41) is 11.8. The highest BCUT2D eigenvalue weighted by atomic mass is 32.2. The average Bonchev–Trinajstić information content (AvgIpc) is 3.70. The first-order chi connectivity index (χ1) is 19.5. The smallest absolute Gasteiger partial charge is 0.293 e. The van der Waals surface area contributed by atoms with Crippen LogP contribution in [-0.4, -0.2) is 80.4 Å². The number of carbonyl (C=O) groups excluding carboxylic acids is 3. The molecule has 2 fully saturated rings. The first kappa shape index (κ1) is 27.9. The molecule has 3 amide bonds. The number of pyridine rings is 1. The third-order valence-corrected chi connectivity index (χ3v) is 8.20. The van der Waals surface area contributed by atoms with E-state index in [0.29, 0.717) is 22.4 Å². The van der Waals surface area contributed by atoms with Crippen LogP contribution in [0.4, 0.5) is 4.79 Å². The lowest BCUT2D eigenvalue weighted by atomic mass is 10.2. The molecule has 4 heterocycles. The summed E-state index contributed by atoms with van der Waals surface area (Å²) in [7, 11) is 1.62. The molecule has 2 aromatic heterocycles. The van der Waals surface area contributed by atoms with Crippen LogP contribution >= 0.6 is 23.5 Å². The quantitative estimate of drug-likeness (QED) is 0.266. The van der Waals surface area contributed by atoms with Crippen LogP contribution in [0.2, 0.25) is 0 Å². The Labute approximate surface area is 239 Å². The largest absolute Gasteiger partial charge is 0.497 e. The number of methoxy groups -OCH3 is 1. The molecule has 5 rings (SSSR count). The number of nitrogens with zero attached hydrogens (tertiary/aromatic N) is 5. The number of carbonyl (C=O) groups is 3. The second-order valence-corrected chi connectivity index (χ2v) is 11.0. The molecule has 1 N–H and O–H groups in total. The minimum absolute atomic E-state index is 0.0617. The highest BCUT2D eigenvalue weighted by molar-refractivity contribution is 8.18. The Balaban J connectivity index is 1.17. The van der Waals surface area contributed by atoms with Gasteiger partial charge in [0.25, 0.3) is 11.1 Å². The summed E-state index contributed by atoms with van der Waals surface area (Å²) < 4.78 is 13.1. The van der Waals surface area contributed by atoms with Gasteiger partial charge in [-0.1, -0.05) is 17.8 Å². The van der Waals surface area contributed by atoms with E-state index in [0.717, 1.165) is 53.0 Å². The predicted octanol–water partition coefficient (Wildman–Crippen LogP) is 3.47. The lowest BCUT2D eigenvalue weighted by Gasteiger charge is -2.15. The summed E-state index contributed by atoms with van der Waals surface area (Å²) in [4.78, 5) is 43.2. The number of benzene rings is 1. The lowest BCUT2D eigenvalue weighted by Crippen LogP contribution is -2.37. The summed E-state index contributed by atoms with van der Waals surface area (Å²) >= 11 is 2.16. The Morgan fingerprint density at radius 3 is 2.83 bits per heavy atom. The van der Waals surface area contributed by atoms with E-state index in [1.54, 1.807) is 37.7 Å². The van der Waals surface area contributed by atoms with Crippen molar-refractivity contribution < 1.29 is 23.9 Å². The lowest BCUT2D eigenvalue weighted by molar-refractivity contribution is -0.123. The summed E-state index contributed by atoms with van der Waals surface area (Å²) in [5.74, 6) is 0.933. The van der Waals surface area contributed by atoms with Gasteiger partial charge >= 0.3 is 0 Å². The number of imide groups is 1. The van der Waals surface area contributed by atoms with Gasteiger partial charge in [0.2, 0.25) is 5.91 Å². The Morgan fingerprint density at radius 2 is 2.10 bits per heavy atom. The van der Waals surface area contributed by atoms with Gasteiger partial charge in [-0.15, -0.1) is 10.2 Å². The fraction of sp³-hybridized carbons (Fsp3) is 0.333. The SMILES string of the molecule is COc1ccc(-c2nnc(SCC(=O)NCCN3C(=O)S/C(=C/c4cccnc4)C3=O)n2C[C@H]2CCCO2)cc1. The molecule has 11 nitrogen and oxygen atoms in total. The number of thioether (sulfide) groups is 2. The molecule has 40 heavy (non-hydrogen) atoms. The van der Waals surface area contributed by atoms with Gasteiger partial charge in [0.05, 0.1) is 30.4 Å². The molecule has 1 atom stereocenters. The molecule has 13 heteroatoms. The van der Waals surface area contributed by atoms with E-state index in [1.165, 1.54) is 11.8 Å². The normalized spacial score (nSPS) is 18.1. The van der Waals surface area contributed by atoms with E-state index < -0.39 is 0 Å². The van der Waals surface area contributed by atoms with Crippen LogP contribution in [0.1, 0.15) is 18.4 Å². The van der Waals surface area contributed by atoms with E-state index in [9.17, 15) is 14.4 Å². The van der Waals surface area contributed by atoms with E-state index in [-0.39, 0.29) is 42.0 Å². The van der Waals surface area contributed by atoms with Crippen molar-refractivity contribution in [3.05, 3.63) is 59.3 Å². The van der Waals surface area contributed by atoms with Crippen molar-refractivity contribution in [1.82, 2.24) is 30.0 Å². The first-order valence-corrected chi connectivity index (χ1v) is 14.6. The molecule has 0 spiro atoms. The number of hydrogen-bond acceptors (Lipinski definition) is 10. The topological polar surface area (TPSA) is 129 Å².